The first-order valence-electron chi connectivity index (χ1n) is 12.9. The van der Waals surface area contributed by atoms with E-state index in [1.807, 2.05) is 24.3 Å². The largest absolute Gasteiger partial charge is 0.462 e. The zero-order valence-corrected chi connectivity index (χ0v) is 21.8. The number of esters is 2. The third kappa shape index (κ3) is 7.71. The van der Waals surface area contributed by atoms with Crippen LogP contribution in [-0.4, -0.2) is 36.7 Å². The van der Waals surface area contributed by atoms with Crippen molar-refractivity contribution in [3.63, 3.8) is 0 Å². The molecule has 0 unspecified atom stereocenters. The van der Waals surface area contributed by atoms with E-state index in [4.69, 9.17) is 9.47 Å². The second-order valence-corrected chi connectivity index (χ2v) is 8.87. The number of rotatable bonds is 12. The van der Waals surface area contributed by atoms with Crippen LogP contribution in [0.25, 0.3) is 0 Å². The summed E-state index contributed by atoms with van der Waals surface area (Å²) < 4.78 is 10.6. The third-order valence-corrected chi connectivity index (χ3v) is 6.04. The first kappa shape index (κ1) is 27.9. The van der Waals surface area contributed by atoms with Crippen molar-refractivity contribution in [1.29, 1.82) is 0 Å². The third-order valence-electron chi connectivity index (χ3n) is 6.04. The molecule has 4 aromatic rings. The van der Waals surface area contributed by atoms with Crippen molar-refractivity contribution in [2.75, 3.05) is 13.2 Å². The monoisotopic (exact) mass is 532 g/mol. The summed E-state index contributed by atoms with van der Waals surface area (Å²) in [6.07, 6.45) is 4.74. The van der Waals surface area contributed by atoms with Gasteiger partial charge in [0.05, 0.1) is 24.3 Å². The number of ether oxygens (including phenoxy) is 2. The Morgan fingerprint density at radius 1 is 0.425 bits per heavy atom. The van der Waals surface area contributed by atoms with Crippen LogP contribution in [0, 0.1) is 0 Å². The van der Waals surface area contributed by atoms with Crippen molar-refractivity contribution in [3.8, 4) is 0 Å². The van der Waals surface area contributed by atoms with E-state index < -0.39 is 11.9 Å². The van der Waals surface area contributed by atoms with Crippen LogP contribution in [0.4, 0.5) is 0 Å². The molecule has 0 radical (unpaired) electrons. The quantitative estimate of drug-likeness (QED) is 0.0896. The van der Waals surface area contributed by atoms with E-state index in [-0.39, 0.29) is 24.8 Å². The van der Waals surface area contributed by atoms with Crippen LogP contribution in [0.3, 0.4) is 0 Å². The number of hydrogen-bond acceptors (Lipinski definition) is 6. The summed E-state index contributed by atoms with van der Waals surface area (Å²) in [7, 11) is 0. The summed E-state index contributed by atoms with van der Waals surface area (Å²) in [6.45, 7) is 0.405. The molecule has 0 saturated heterocycles. The Kier molecular flexibility index (Phi) is 9.89. The molecule has 0 spiro atoms. The maximum atomic E-state index is 12.5. The van der Waals surface area contributed by atoms with Crippen LogP contribution < -0.4 is 0 Å². The highest BCUT2D eigenvalue weighted by Gasteiger charge is 2.12. The van der Waals surface area contributed by atoms with Gasteiger partial charge in [-0.15, -0.1) is 0 Å². The molecule has 4 rings (SSSR count). The Labute approximate surface area is 232 Å². The average Bonchev–Trinajstić information content (AvgIpc) is 3.02. The Bertz CT molecular complexity index is 1360. The molecule has 6 nitrogen and oxygen atoms in total. The highest BCUT2D eigenvalue weighted by Crippen LogP contribution is 2.13. The molecule has 0 aromatic heterocycles. The van der Waals surface area contributed by atoms with Crippen LogP contribution in [0.15, 0.2) is 121 Å². The molecule has 40 heavy (non-hydrogen) atoms. The van der Waals surface area contributed by atoms with E-state index in [1.165, 1.54) is 0 Å². The first-order chi connectivity index (χ1) is 19.5. The zero-order chi connectivity index (χ0) is 28.2. The van der Waals surface area contributed by atoms with E-state index >= 15 is 0 Å². The van der Waals surface area contributed by atoms with Crippen molar-refractivity contribution < 1.29 is 28.7 Å². The molecule has 0 bridgehead atoms. The van der Waals surface area contributed by atoms with E-state index in [1.54, 1.807) is 97.1 Å². The number of carbonyl (C=O) groups is 4. The van der Waals surface area contributed by atoms with E-state index in [0.717, 1.165) is 0 Å². The van der Waals surface area contributed by atoms with Gasteiger partial charge in [-0.3, -0.25) is 9.59 Å². The SMILES string of the molecule is O=C(OCC/C=C/CCOC(=O)c1ccc(C(=O)c2ccccc2)cc1)c1ccc(C(=O)c2ccccc2)cc1. The van der Waals surface area contributed by atoms with Gasteiger partial charge < -0.3 is 9.47 Å². The smallest absolute Gasteiger partial charge is 0.338 e. The normalized spacial score (nSPS) is 10.7. The second-order valence-electron chi connectivity index (χ2n) is 8.87. The van der Waals surface area contributed by atoms with Gasteiger partial charge in [0.1, 0.15) is 0 Å². The van der Waals surface area contributed by atoms with Gasteiger partial charge >= 0.3 is 11.9 Å². The minimum Gasteiger partial charge on any atom is -0.462 e. The topological polar surface area (TPSA) is 86.7 Å². The molecule has 0 atom stereocenters. The standard InChI is InChI=1S/C34H28O6/c35-31(25-11-5-3-6-12-25)27-15-19-29(20-16-27)33(37)39-23-9-1-2-10-24-40-34(38)30-21-17-28(18-22-30)32(36)26-13-7-4-8-14-26/h1-8,11-22H,9-10,23-24H2/b2-1+. The summed E-state index contributed by atoms with van der Waals surface area (Å²) in [5, 5.41) is 0. The van der Waals surface area contributed by atoms with Gasteiger partial charge in [-0.1, -0.05) is 97.1 Å². The van der Waals surface area contributed by atoms with Crippen LogP contribution in [0.2, 0.25) is 0 Å². The van der Waals surface area contributed by atoms with Crippen LogP contribution in [0.5, 0.6) is 0 Å². The van der Waals surface area contributed by atoms with E-state index in [0.29, 0.717) is 46.2 Å². The van der Waals surface area contributed by atoms with Gasteiger partial charge in [-0.05, 0) is 37.1 Å². The summed E-state index contributed by atoms with van der Waals surface area (Å²) in [5.74, 6) is -1.14. The van der Waals surface area contributed by atoms with Gasteiger partial charge in [-0.25, -0.2) is 9.59 Å². The first-order valence-corrected chi connectivity index (χ1v) is 12.9. The second kappa shape index (κ2) is 14.2. The van der Waals surface area contributed by atoms with Crippen LogP contribution in [-0.2, 0) is 9.47 Å². The summed E-state index contributed by atoms with van der Waals surface area (Å²) in [4.78, 5) is 49.5. The highest BCUT2D eigenvalue weighted by molar-refractivity contribution is 6.10. The van der Waals surface area contributed by atoms with E-state index in [9.17, 15) is 19.2 Å². The lowest BCUT2D eigenvalue weighted by Crippen LogP contribution is -2.07. The molecule has 0 heterocycles. The fourth-order valence-corrected chi connectivity index (χ4v) is 3.87. The maximum Gasteiger partial charge on any atom is 0.338 e. The molecule has 0 N–H and O–H groups in total. The molecule has 200 valence electrons. The van der Waals surface area contributed by atoms with Crippen LogP contribution >= 0.6 is 0 Å². The molecule has 0 aliphatic carbocycles. The van der Waals surface area contributed by atoms with Gasteiger partial charge in [0.2, 0.25) is 0 Å². The molecule has 0 fully saturated rings. The Balaban J connectivity index is 1.12. The number of hydrogen-bond donors (Lipinski definition) is 0. The number of benzene rings is 4. The predicted octanol–water partition coefficient (Wildman–Crippen LogP) is 6.50. The zero-order valence-electron chi connectivity index (χ0n) is 21.8. The summed E-state index contributed by atoms with van der Waals surface area (Å²) >= 11 is 0. The molecular weight excluding hydrogens is 504 g/mol. The van der Waals surface area contributed by atoms with Gasteiger partial charge in [0.15, 0.2) is 11.6 Å². The van der Waals surface area contributed by atoms with Crippen molar-refractivity contribution in [3.05, 3.63) is 155 Å². The molecular formula is C34H28O6. The molecule has 0 amide bonds. The Hall–Kier alpha value is -5.10. The lowest BCUT2D eigenvalue weighted by Gasteiger charge is -2.05. The summed E-state index contributed by atoms with van der Waals surface area (Å²) in [5.41, 5.74) is 2.93. The molecule has 0 saturated carbocycles. The minimum absolute atomic E-state index is 0.107. The van der Waals surface area contributed by atoms with Crippen LogP contribution in [0.1, 0.15) is 65.4 Å². The lowest BCUT2D eigenvalue weighted by molar-refractivity contribution is 0.0499. The Morgan fingerprint density at radius 3 is 1.07 bits per heavy atom. The van der Waals surface area contributed by atoms with Gasteiger partial charge in [-0.2, -0.15) is 0 Å². The fourth-order valence-electron chi connectivity index (χ4n) is 3.87. The molecule has 0 aliphatic rings. The van der Waals surface area contributed by atoms with E-state index in [2.05, 4.69) is 0 Å². The highest BCUT2D eigenvalue weighted by atomic mass is 16.5. The Morgan fingerprint density at radius 2 is 0.725 bits per heavy atom. The molecule has 0 aliphatic heterocycles. The van der Waals surface area contributed by atoms with Crippen molar-refractivity contribution >= 4 is 23.5 Å². The molecule has 4 aromatic carbocycles. The van der Waals surface area contributed by atoms with Crippen molar-refractivity contribution in [2.24, 2.45) is 0 Å². The lowest BCUT2D eigenvalue weighted by atomic mass is 10.0. The molecule has 6 heteroatoms. The van der Waals surface area contributed by atoms with Crippen molar-refractivity contribution in [1.82, 2.24) is 0 Å². The fraction of sp³-hybridized carbons (Fsp3) is 0.118. The number of ketones is 2. The van der Waals surface area contributed by atoms with Gasteiger partial charge in [0, 0.05) is 22.3 Å². The number of carbonyl (C=O) groups excluding carboxylic acids is 4. The average molecular weight is 533 g/mol. The van der Waals surface area contributed by atoms with Gasteiger partial charge in [0.25, 0.3) is 0 Å². The van der Waals surface area contributed by atoms with Crippen molar-refractivity contribution in [2.45, 2.75) is 12.8 Å². The maximum absolute atomic E-state index is 12.5. The summed E-state index contributed by atoms with van der Waals surface area (Å²) in [6, 6.07) is 30.7. The minimum atomic E-state index is -0.461. The predicted molar refractivity (Wildman–Crippen MR) is 152 cm³/mol.